The van der Waals surface area contributed by atoms with Gasteiger partial charge in [0.2, 0.25) is 5.95 Å². The molecule has 0 bridgehead atoms. The predicted octanol–water partition coefficient (Wildman–Crippen LogP) is 3.88. The van der Waals surface area contributed by atoms with E-state index < -0.39 is 17.5 Å². The summed E-state index contributed by atoms with van der Waals surface area (Å²) in [4.78, 5) is 11.4. The number of benzene rings is 1. The summed E-state index contributed by atoms with van der Waals surface area (Å²) >= 11 is 0. The second-order valence-electron chi connectivity index (χ2n) is 7.81. The van der Waals surface area contributed by atoms with E-state index in [2.05, 4.69) is 31.7 Å². The van der Waals surface area contributed by atoms with Crippen molar-refractivity contribution in [3.05, 3.63) is 41.8 Å². The molecule has 1 aliphatic heterocycles. The number of hydrogen-bond acceptors (Lipinski definition) is 5. The van der Waals surface area contributed by atoms with Gasteiger partial charge >= 0.3 is 0 Å². The van der Waals surface area contributed by atoms with Crippen LogP contribution >= 0.6 is 0 Å². The molecule has 1 fully saturated rings. The number of nitrogens with one attached hydrogen (secondary N) is 1. The first-order valence-electron chi connectivity index (χ1n) is 9.56. The Morgan fingerprint density at radius 2 is 1.86 bits per heavy atom. The molecular weight excluding hydrogens is 383 g/mol. The molecule has 3 heterocycles. The van der Waals surface area contributed by atoms with Gasteiger partial charge in [-0.05, 0) is 13.0 Å². The molecule has 1 atom stereocenters. The minimum Gasteiger partial charge on any atom is -0.490 e. The Hall–Kier alpha value is -2.97. The largest absolute Gasteiger partial charge is 0.490 e. The van der Waals surface area contributed by atoms with Crippen molar-refractivity contribution >= 4 is 22.8 Å². The molecule has 152 valence electrons. The summed E-state index contributed by atoms with van der Waals surface area (Å²) in [5.41, 5.74) is 1.92. The van der Waals surface area contributed by atoms with Crippen LogP contribution in [0.25, 0.3) is 11.0 Å². The lowest BCUT2D eigenvalue weighted by molar-refractivity contribution is 0.107. The average Bonchev–Trinajstić information content (AvgIpc) is 3.07. The van der Waals surface area contributed by atoms with Crippen LogP contribution < -0.4 is 15.0 Å². The number of anilines is 2. The minimum atomic E-state index is -1.49. The van der Waals surface area contributed by atoms with Crippen LogP contribution in [0.4, 0.5) is 24.9 Å². The van der Waals surface area contributed by atoms with E-state index in [0.29, 0.717) is 24.8 Å². The highest BCUT2D eigenvalue weighted by Gasteiger charge is 2.33. The van der Waals surface area contributed by atoms with Gasteiger partial charge in [0.05, 0.1) is 5.52 Å². The minimum absolute atomic E-state index is 0.0102. The first-order chi connectivity index (χ1) is 13.9. The second kappa shape index (κ2) is 6.53. The molecule has 1 saturated carbocycles. The molecule has 0 saturated heterocycles. The third-order valence-electron chi connectivity index (χ3n) is 5.61. The molecule has 1 N–H and O–H groups in total. The molecule has 0 unspecified atom stereocenters. The number of aromatic nitrogens is 3. The summed E-state index contributed by atoms with van der Waals surface area (Å²) in [7, 11) is 2.02. The van der Waals surface area contributed by atoms with Crippen LogP contribution in [0.1, 0.15) is 25.8 Å². The third kappa shape index (κ3) is 3.04. The van der Waals surface area contributed by atoms with Crippen molar-refractivity contribution < 1.29 is 17.9 Å². The van der Waals surface area contributed by atoms with Gasteiger partial charge in [0, 0.05) is 56.8 Å². The van der Waals surface area contributed by atoms with E-state index in [-0.39, 0.29) is 17.9 Å². The molecule has 0 spiro atoms. The van der Waals surface area contributed by atoms with Crippen LogP contribution in [0.3, 0.4) is 0 Å². The van der Waals surface area contributed by atoms with E-state index >= 15 is 0 Å². The van der Waals surface area contributed by atoms with Crippen molar-refractivity contribution in [3.8, 4) is 5.75 Å². The molecule has 1 aliphatic carbocycles. The molecule has 0 radical (unpaired) electrons. The zero-order chi connectivity index (χ0) is 20.3. The van der Waals surface area contributed by atoms with E-state index in [0.717, 1.165) is 35.5 Å². The zero-order valence-electron chi connectivity index (χ0n) is 16.0. The maximum atomic E-state index is 13.3. The standard InChI is InChI=1S/C20H20F3N5O/c1-10-9-27(2)19-18-16(3-4-28(10)18)25-20(26-19)24-11-5-12(6-11)29-13-7-14(21)17(23)15(22)8-13/h3-4,7-8,10-12H,5-6,9H2,1-2H3,(H,24,25,26)/t10-,11-,12-/m0/s1. The Morgan fingerprint density at radius 3 is 2.59 bits per heavy atom. The lowest BCUT2D eigenvalue weighted by Crippen LogP contribution is -2.43. The van der Waals surface area contributed by atoms with Crippen molar-refractivity contribution in [1.82, 2.24) is 14.5 Å². The van der Waals surface area contributed by atoms with Gasteiger partial charge in [0.25, 0.3) is 0 Å². The Bertz CT molecular complexity index is 1070. The molecule has 29 heavy (non-hydrogen) atoms. The van der Waals surface area contributed by atoms with Crippen molar-refractivity contribution in [2.24, 2.45) is 0 Å². The molecule has 2 aromatic heterocycles. The summed E-state index contributed by atoms with van der Waals surface area (Å²) in [6.45, 7) is 3.04. The average molecular weight is 403 g/mol. The number of hydrogen-bond donors (Lipinski definition) is 1. The van der Waals surface area contributed by atoms with E-state index in [1.807, 2.05) is 19.3 Å². The van der Waals surface area contributed by atoms with Crippen molar-refractivity contribution in [2.75, 3.05) is 23.8 Å². The molecule has 1 aromatic carbocycles. The Kier molecular flexibility index (Phi) is 4.07. The van der Waals surface area contributed by atoms with Gasteiger partial charge in [0.15, 0.2) is 23.3 Å². The smallest absolute Gasteiger partial charge is 0.225 e. The Labute approximate surface area is 165 Å². The molecule has 0 amide bonds. The molecule has 5 rings (SSSR count). The van der Waals surface area contributed by atoms with Crippen molar-refractivity contribution in [1.29, 1.82) is 0 Å². The van der Waals surface area contributed by atoms with Gasteiger partial charge in [-0.15, -0.1) is 0 Å². The van der Waals surface area contributed by atoms with E-state index in [1.54, 1.807) is 0 Å². The summed E-state index contributed by atoms with van der Waals surface area (Å²) in [5, 5.41) is 3.31. The van der Waals surface area contributed by atoms with Crippen molar-refractivity contribution in [3.63, 3.8) is 0 Å². The third-order valence-corrected chi connectivity index (χ3v) is 5.61. The van der Waals surface area contributed by atoms with Gasteiger partial charge in [-0.3, -0.25) is 0 Å². The van der Waals surface area contributed by atoms with Gasteiger partial charge in [0.1, 0.15) is 17.4 Å². The first-order valence-corrected chi connectivity index (χ1v) is 9.56. The monoisotopic (exact) mass is 403 g/mol. The number of likely N-dealkylation sites (N-methyl/N-ethyl adjacent to an activating group) is 1. The number of ether oxygens (including phenoxy) is 1. The fourth-order valence-corrected chi connectivity index (χ4v) is 4.07. The quantitative estimate of drug-likeness (QED) is 0.670. The zero-order valence-corrected chi connectivity index (χ0v) is 16.0. The van der Waals surface area contributed by atoms with E-state index in [1.165, 1.54) is 0 Å². The van der Waals surface area contributed by atoms with Gasteiger partial charge in [-0.25, -0.2) is 18.2 Å². The number of nitrogens with zero attached hydrogens (tertiary/aromatic N) is 4. The van der Waals surface area contributed by atoms with Crippen LogP contribution in [0.2, 0.25) is 0 Å². The highest BCUT2D eigenvalue weighted by atomic mass is 19.2. The predicted molar refractivity (Wildman–Crippen MR) is 103 cm³/mol. The lowest BCUT2D eigenvalue weighted by Gasteiger charge is -2.36. The second-order valence-corrected chi connectivity index (χ2v) is 7.81. The van der Waals surface area contributed by atoms with E-state index in [9.17, 15) is 13.2 Å². The molecule has 2 aliphatic rings. The first kappa shape index (κ1) is 18.1. The van der Waals surface area contributed by atoms with Gasteiger partial charge in [-0.2, -0.15) is 4.98 Å². The number of rotatable bonds is 4. The Balaban J connectivity index is 1.27. The SMILES string of the molecule is C[C@H]1CN(C)c2nc(N[C@H]3C[C@H](Oc4cc(F)c(F)c(F)c4)C3)nc3ccn1c23. The fourth-order valence-electron chi connectivity index (χ4n) is 4.07. The maximum Gasteiger partial charge on any atom is 0.225 e. The highest BCUT2D eigenvalue weighted by molar-refractivity contribution is 5.89. The van der Waals surface area contributed by atoms with Gasteiger partial charge in [-0.1, -0.05) is 0 Å². The van der Waals surface area contributed by atoms with Crippen LogP contribution in [0.5, 0.6) is 5.75 Å². The van der Waals surface area contributed by atoms with Crippen LogP contribution in [0.15, 0.2) is 24.4 Å². The molecular formula is C20H20F3N5O. The summed E-state index contributed by atoms with van der Waals surface area (Å²) in [5.74, 6) is -2.57. The maximum absolute atomic E-state index is 13.3. The normalized spacial score (nSPS) is 23.2. The summed E-state index contributed by atoms with van der Waals surface area (Å²) < 4.78 is 47.4. The van der Waals surface area contributed by atoms with Crippen molar-refractivity contribution in [2.45, 2.75) is 38.0 Å². The van der Waals surface area contributed by atoms with Crippen LogP contribution in [-0.2, 0) is 0 Å². The highest BCUT2D eigenvalue weighted by Crippen LogP contribution is 2.34. The summed E-state index contributed by atoms with van der Waals surface area (Å²) in [6.07, 6.45) is 3.10. The van der Waals surface area contributed by atoms with Crippen LogP contribution in [-0.4, -0.2) is 40.3 Å². The topological polar surface area (TPSA) is 55.2 Å². The van der Waals surface area contributed by atoms with E-state index in [4.69, 9.17) is 4.74 Å². The number of halogens is 3. The fraction of sp³-hybridized carbons (Fsp3) is 0.400. The lowest BCUT2D eigenvalue weighted by atomic mass is 9.89. The van der Waals surface area contributed by atoms with Gasteiger partial charge < -0.3 is 19.5 Å². The summed E-state index contributed by atoms with van der Waals surface area (Å²) in [6, 6.07) is 4.17. The molecule has 3 aromatic rings. The molecule has 6 nitrogen and oxygen atoms in total. The Morgan fingerprint density at radius 1 is 1.14 bits per heavy atom. The molecule has 9 heteroatoms. The van der Waals surface area contributed by atoms with Crippen LogP contribution in [0, 0.1) is 17.5 Å².